The van der Waals surface area contributed by atoms with Crippen molar-refractivity contribution >= 4 is 57.0 Å². The number of hydroxylamine groups is 2. The van der Waals surface area contributed by atoms with E-state index in [4.69, 9.17) is 4.84 Å². The molecule has 0 N–H and O–H groups in total. The molecular formula is C38H44N3NaO10S2. The molecule has 2 atom stereocenters. The summed E-state index contributed by atoms with van der Waals surface area (Å²) in [6.45, 7) is 13.1. The topological polar surface area (TPSA) is 169 Å². The van der Waals surface area contributed by atoms with Crippen molar-refractivity contribution in [1.29, 1.82) is 0 Å². The van der Waals surface area contributed by atoms with Crippen molar-refractivity contribution in [2.24, 2.45) is 5.92 Å². The van der Waals surface area contributed by atoms with Gasteiger partial charge < -0.3 is 19.5 Å². The van der Waals surface area contributed by atoms with E-state index in [0.29, 0.717) is 35.9 Å². The Kier molecular flexibility index (Phi) is 14.4. The number of likely N-dealkylation sites (N-methyl/N-ethyl adjacent to an activating group) is 1. The van der Waals surface area contributed by atoms with E-state index in [2.05, 4.69) is 18.8 Å². The van der Waals surface area contributed by atoms with E-state index in [1.54, 1.807) is 12.1 Å². The molecule has 2 aromatic rings. The molecule has 0 bridgehead atoms. The molecule has 54 heavy (non-hydrogen) atoms. The molecule has 0 spiro atoms. The number of carbonyl (C=O) groups is 3. The molecule has 1 saturated heterocycles. The van der Waals surface area contributed by atoms with Gasteiger partial charge in [0.2, 0.25) is 5.69 Å². The normalized spacial score (nSPS) is 20.7. The van der Waals surface area contributed by atoms with Crippen LogP contribution >= 0.6 is 12.0 Å². The van der Waals surface area contributed by atoms with Gasteiger partial charge in [-0.05, 0) is 83.0 Å². The fourth-order valence-corrected chi connectivity index (χ4v) is 8.55. The molecule has 3 aliphatic rings. The van der Waals surface area contributed by atoms with Gasteiger partial charge in [-0.15, -0.1) is 5.06 Å². The standard InChI is InChI=1S/C38H45N3O10S2.Na/c1-7-10-14-27(36(44)49-41-34(42)21-22-35(41)43)38(6)29-23-25(52-51-50-45)17-19-31(29)40(9-3)33(38)16-13-11-12-15-32-37(4,5)28-24-26(53(46,47)48)18-20-30(28)39(32)8-2;/h11-13,15-20,23-24,27H,7-10,14,21-22H2,1-6H3,(H-,45,46,47,48);/q;+1/p-1. The first-order chi connectivity index (χ1) is 25.1. The largest absolute Gasteiger partial charge is 1.00 e. The minimum absolute atomic E-state index is 0. The molecule has 2 aromatic carbocycles. The third-order valence-corrected chi connectivity index (χ3v) is 11.7. The van der Waals surface area contributed by atoms with Crippen molar-refractivity contribution in [3.05, 3.63) is 83.6 Å². The van der Waals surface area contributed by atoms with Crippen LogP contribution in [0.1, 0.15) is 84.8 Å². The second-order valence-corrected chi connectivity index (χ2v) is 15.9. The minimum Gasteiger partial charge on any atom is -0.744 e. The van der Waals surface area contributed by atoms with Crippen molar-refractivity contribution < 1.29 is 81.0 Å². The predicted octanol–water partition coefficient (Wildman–Crippen LogP) is 2.43. The van der Waals surface area contributed by atoms with Crippen molar-refractivity contribution in [3.8, 4) is 0 Å². The van der Waals surface area contributed by atoms with Gasteiger partial charge in [-0.25, -0.2) is 13.2 Å². The first kappa shape index (κ1) is 43.6. The van der Waals surface area contributed by atoms with Gasteiger partial charge >= 0.3 is 35.5 Å². The molecular weight excluding hydrogens is 746 g/mol. The number of benzene rings is 2. The minimum atomic E-state index is -4.62. The van der Waals surface area contributed by atoms with Gasteiger partial charge in [0.05, 0.1) is 28.3 Å². The Bertz CT molecular complexity index is 2010. The smallest absolute Gasteiger partial charge is 0.744 e. The van der Waals surface area contributed by atoms with E-state index in [1.165, 1.54) is 12.1 Å². The van der Waals surface area contributed by atoms with Gasteiger partial charge in [0.1, 0.15) is 16.7 Å². The van der Waals surface area contributed by atoms with Crippen LogP contribution in [0.4, 0.5) is 11.4 Å². The van der Waals surface area contributed by atoms with E-state index in [1.807, 2.05) is 84.1 Å². The van der Waals surface area contributed by atoms with Crippen LogP contribution in [0.5, 0.6) is 0 Å². The van der Waals surface area contributed by atoms with Crippen molar-refractivity contribution in [2.45, 2.75) is 94.3 Å². The molecule has 284 valence electrons. The maximum absolute atomic E-state index is 14.1. The van der Waals surface area contributed by atoms with E-state index in [-0.39, 0.29) is 47.3 Å². The average molecular weight is 790 g/mol. The summed E-state index contributed by atoms with van der Waals surface area (Å²) in [5.41, 5.74) is 3.26. The Hall–Kier alpha value is -3.12. The second-order valence-electron chi connectivity index (χ2n) is 13.7. The number of amides is 2. The zero-order valence-corrected chi connectivity index (χ0v) is 35.3. The number of nitrogens with zero attached hydrogens (tertiary/aromatic N) is 3. The summed E-state index contributed by atoms with van der Waals surface area (Å²) in [6, 6.07) is 9.96. The number of rotatable bonds is 15. The van der Waals surface area contributed by atoms with Crippen LogP contribution in [0.3, 0.4) is 0 Å². The monoisotopic (exact) mass is 789 g/mol. The average Bonchev–Trinajstić information content (AvgIpc) is 3.65. The van der Waals surface area contributed by atoms with Crippen LogP contribution in [0.15, 0.2) is 82.3 Å². The number of unbranched alkanes of at least 4 members (excludes halogenated alkanes) is 1. The molecule has 5 rings (SSSR count). The quantitative estimate of drug-likeness (QED) is 0.0379. The summed E-state index contributed by atoms with van der Waals surface area (Å²) in [7, 11) is -4.62. The van der Waals surface area contributed by atoms with Gasteiger partial charge in [-0.1, -0.05) is 38.0 Å². The van der Waals surface area contributed by atoms with Gasteiger partial charge in [-0.3, -0.25) is 14.6 Å². The molecule has 0 radical (unpaired) electrons. The van der Waals surface area contributed by atoms with E-state index >= 15 is 0 Å². The summed E-state index contributed by atoms with van der Waals surface area (Å²) < 4.78 is 42.1. The maximum atomic E-state index is 14.1. The van der Waals surface area contributed by atoms with Crippen LogP contribution in [0.25, 0.3) is 0 Å². The Balaban J connectivity index is 0.00000650. The third-order valence-electron chi connectivity index (χ3n) is 10.3. The van der Waals surface area contributed by atoms with Crippen molar-refractivity contribution in [2.75, 3.05) is 18.0 Å². The van der Waals surface area contributed by atoms with Gasteiger partial charge in [0.25, 0.3) is 11.8 Å². The molecule has 1 fully saturated rings. The summed E-state index contributed by atoms with van der Waals surface area (Å²) in [4.78, 5) is 47.0. The molecule has 0 aromatic heterocycles. The zero-order chi connectivity index (χ0) is 38.7. The van der Waals surface area contributed by atoms with E-state index in [0.717, 1.165) is 52.4 Å². The molecule has 2 amide bonds. The number of hydrogen-bond acceptors (Lipinski definition) is 12. The predicted molar refractivity (Wildman–Crippen MR) is 194 cm³/mol. The Morgan fingerprint density at radius 1 is 1.02 bits per heavy atom. The van der Waals surface area contributed by atoms with Crippen molar-refractivity contribution in [3.63, 3.8) is 0 Å². The molecule has 0 aliphatic carbocycles. The molecule has 3 heterocycles. The molecule has 2 unspecified atom stereocenters. The summed E-state index contributed by atoms with van der Waals surface area (Å²) >= 11 is 0.736. The zero-order valence-electron chi connectivity index (χ0n) is 31.6. The van der Waals surface area contributed by atoms with Crippen LogP contribution in [-0.4, -0.2) is 59.2 Å². The number of hydrogen-bond donors (Lipinski definition) is 0. The number of allylic oxidation sites excluding steroid dienone is 6. The first-order valence-electron chi connectivity index (χ1n) is 17.6. The fraction of sp³-hybridized carbons (Fsp3) is 0.421. The molecule has 0 saturated carbocycles. The number of carbonyl (C=O) groups excluding carboxylic acids is 3. The van der Waals surface area contributed by atoms with Gasteiger partial charge in [-0.2, -0.15) is 8.91 Å². The second kappa shape index (κ2) is 17.8. The summed E-state index contributed by atoms with van der Waals surface area (Å²) in [5, 5.41) is 14.8. The SMILES string of the molecule is CCCCC(C(=O)ON1C(=O)CCC1=O)C1(C)\C(=C/C=C/C=C/C2=[N+](CC)c3ccc(S(=O)(=O)[O-])cc3C2(C)C)N(CC)c2ccc(SOO[O-])cc21.[Na+]. The number of imide groups is 1. The fourth-order valence-electron chi connectivity index (χ4n) is 7.66. The van der Waals surface area contributed by atoms with Crippen LogP contribution < -0.4 is 39.7 Å². The van der Waals surface area contributed by atoms with Gasteiger partial charge in [0.15, 0.2) is 5.71 Å². The number of fused-ring (bicyclic) bond motifs is 2. The van der Waals surface area contributed by atoms with E-state index < -0.39 is 44.6 Å². The van der Waals surface area contributed by atoms with E-state index in [9.17, 15) is 32.6 Å². The van der Waals surface area contributed by atoms with Crippen LogP contribution in [0.2, 0.25) is 0 Å². The van der Waals surface area contributed by atoms with Crippen LogP contribution in [-0.2, 0) is 49.5 Å². The summed E-state index contributed by atoms with van der Waals surface area (Å²) in [6.07, 6.45) is 11.3. The number of anilines is 1. The van der Waals surface area contributed by atoms with Crippen LogP contribution in [0, 0.1) is 5.92 Å². The Morgan fingerprint density at radius 2 is 1.72 bits per heavy atom. The van der Waals surface area contributed by atoms with Gasteiger partial charge in [0, 0.05) is 58.8 Å². The maximum Gasteiger partial charge on any atom is 1.00 e. The Labute approximate surface area is 342 Å². The third kappa shape index (κ3) is 8.34. The summed E-state index contributed by atoms with van der Waals surface area (Å²) in [5.74, 6) is -2.65. The Morgan fingerprint density at radius 3 is 2.33 bits per heavy atom. The molecule has 16 heteroatoms. The molecule has 13 nitrogen and oxygen atoms in total. The first-order valence-corrected chi connectivity index (χ1v) is 19.7. The van der Waals surface area contributed by atoms with Crippen molar-refractivity contribution in [1.82, 2.24) is 5.06 Å². The molecule has 3 aliphatic heterocycles.